The van der Waals surface area contributed by atoms with E-state index in [4.69, 9.17) is 26.7 Å². The van der Waals surface area contributed by atoms with Gasteiger partial charge in [-0.2, -0.15) is 0 Å². The first-order valence-corrected chi connectivity index (χ1v) is 32.7. The van der Waals surface area contributed by atoms with Crippen molar-refractivity contribution in [2.45, 2.75) is 219 Å². The van der Waals surface area contributed by atoms with E-state index in [9.17, 15) is 72.5 Å². The van der Waals surface area contributed by atoms with Crippen LogP contribution in [0.25, 0.3) is 0 Å². The van der Waals surface area contributed by atoms with Crippen LogP contribution >= 0.6 is 0 Å². The second kappa shape index (κ2) is 41.7. The molecule has 0 aliphatic carbocycles. The van der Waals surface area contributed by atoms with Gasteiger partial charge in [0.25, 0.3) is 0 Å². The van der Waals surface area contributed by atoms with Gasteiger partial charge < -0.3 is 101 Å². The van der Waals surface area contributed by atoms with Crippen molar-refractivity contribution in [1.29, 1.82) is 0 Å². The zero-order valence-electron chi connectivity index (χ0n) is 57.0. The number of amides is 12. The Morgan fingerprint density at radius 3 is 1.76 bits per heavy atom. The molecule has 0 radical (unpaired) electrons. The number of carbonyl (C=O) groups is 13. The predicted octanol–water partition coefficient (Wildman–Crippen LogP) is -3.36. The number of benzene rings is 1. The predicted molar refractivity (Wildman–Crippen MR) is 349 cm³/mol. The lowest BCUT2D eigenvalue weighted by molar-refractivity contribution is -0.157. The molecule has 1 aromatic rings. The van der Waals surface area contributed by atoms with E-state index < -0.39 is 205 Å². The Balaban J connectivity index is 2.42. The first-order chi connectivity index (χ1) is 44.8. The van der Waals surface area contributed by atoms with Gasteiger partial charge in [-0.05, 0) is 89.2 Å². The maximum atomic E-state index is 14.6. The van der Waals surface area contributed by atoms with Gasteiger partial charge in [0.05, 0.1) is 19.3 Å². The summed E-state index contributed by atoms with van der Waals surface area (Å²) in [5.74, 6) is -13.6. The van der Waals surface area contributed by atoms with Gasteiger partial charge in [0, 0.05) is 26.1 Å². The molecule has 32 heteroatoms. The van der Waals surface area contributed by atoms with Gasteiger partial charge in [-0.15, -0.1) is 0 Å². The fraction of sp³-hybridized carbons (Fsp3) is 0.698. The normalized spacial score (nSPS) is 20.7. The van der Waals surface area contributed by atoms with Gasteiger partial charge in [-0.25, -0.2) is 9.59 Å². The quantitative estimate of drug-likeness (QED) is 0.0227. The lowest BCUT2D eigenvalue weighted by Crippen LogP contribution is -2.67. The summed E-state index contributed by atoms with van der Waals surface area (Å²) in [5, 5.41) is 52.2. The van der Waals surface area contributed by atoms with Gasteiger partial charge in [-0.1, -0.05) is 111 Å². The first kappa shape index (κ1) is 83.0. The number of rotatable bonds is 38. The Morgan fingerprint density at radius 1 is 0.663 bits per heavy atom. The molecule has 12 amide bonds. The summed E-state index contributed by atoms with van der Waals surface area (Å²) in [4.78, 5) is 179. The Kier molecular flexibility index (Phi) is 36.4. The van der Waals surface area contributed by atoms with Crippen LogP contribution in [0.4, 0.5) is 4.79 Å². The van der Waals surface area contributed by atoms with Crippen molar-refractivity contribution in [1.82, 2.24) is 63.8 Å². The maximum Gasteiger partial charge on any atom is 0.407 e. The number of primary amides is 1. The number of carbonyl (C=O) groups excluding carboxylic acids is 13. The number of aliphatic hydroxyl groups is 2. The smallest absolute Gasteiger partial charge is 0.407 e. The van der Waals surface area contributed by atoms with Crippen LogP contribution in [0.3, 0.4) is 0 Å². The molecule has 1 saturated heterocycles. The average molecular weight is 1350 g/mol. The van der Waals surface area contributed by atoms with Gasteiger partial charge in [0.15, 0.2) is 0 Å². The minimum atomic E-state index is -1.95. The molecule has 95 heavy (non-hydrogen) atoms. The Morgan fingerprint density at radius 2 is 1.22 bits per heavy atom. The number of hydrogen-bond donors (Lipinski definition) is 17. The molecule has 20 N–H and O–H groups in total. The third-order valence-electron chi connectivity index (χ3n) is 17.4. The number of unbranched alkanes of at least 4 members (excludes halogenated alkanes) is 1. The zero-order chi connectivity index (χ0) is 71.9. The molecule has 1 aliphatic rings. The summed E-state index contributed by atoms with van der Waals surface area (Å²) in [7, 11) is 1.59. The summed E-state index contributed by atoms with van der Waals surface area (Å²) in [6.45, 7) is 15.5. The Bertz CT molecular complexity index is 2730. The summed E-state index contributed by atoms with van der Waals surface area (Å²) in [6, 6.07) is -5.19. The molecule has 32 nitrogen and oxygen atoms in total. The van der Waals surface area contributed by atoms with Crippen LogP contribution in [-0.2, 0) is 73.4 Å². The summed E-state index contributed by atoms with van der Waals surface area (Å²) < 4.78 is 10.9. The van der Waals surface area contributed by atoms with Gasteiger partial charge in [0.1, 0.15) is 72.1 Å². The Labute approximate surface area is 556 Å². The molecule has 1 heterocycles. The Hall–Kier alpha value is -8.07. The van der Waals surface area contributed by atoms with Crippen molar-refractivity contribution in [2.75, 3.05) is 39.9 Å². The number of likely N-dealkylation sites (N-methyl/N-ethyl adjacent to an activating group) is 1. The SMILES string of the molecule is CC[C@@H](C)[C@@H](NC(=O)[C@@H](CCC(N)=O)NC(=O)[C@H](CO)NC(=O)[C@@H](NC(=O)[C@@H](Cc1ccccc1)NC)[C@@H](C)CC)C(=O)N[C@](C)(C(=O)N[C@@H](CO)C(=O)N[C@H]1C(=O)N[C@@H](C)C(=O)N[C@@H](CCCCNC(=O)OC(CN)CN)C(=O)N[C@@H]([C@@H](C)CC)C(=O)O[C@H]1C)[C@@H](C)CC. The molecule has 0 spiro atoms. The standard InChI is InChI=1S/C63H107N15O17/c1-13-33(5)47(74-54(85)43(67-12)28-39-22-18-17-19-23-39)57(88)72-44(31-79)55(86)71-42(25-26-46(66)81)53(84)75-48(34(6)14-2)59(90)78-63(11,36(8)16-4)61(92)73-45(32-80)56(87)77-50-38(10)94-60(91)49(35(7)15-3)76-52(83)41(70-51(82)37(9)69-58(50)89)24-20-21-27-68-62(93)95-40(29-64)30-65/h17-19,22-23,33-38,40-45,47-50,67,79-80H,13-16,20-21,24-32,64-65H2,1-12H3,(H2,66,81)(H,68,93)(H,69,89)(H,70,82)(H,71,86)(H,72,88)(H,73,92)(H,74,85)(H,75,84)(H,76,83)(H,77,87)(H,78,90)/t33-,34+,35-,36-,37-,38-,41-,42+,43+,44-,45-,47-,48+,49-,50+,63-/m0/s1. The molecule has 16 atom stereocenters. The van der Waals surface area contributed by atoms with Crippen LogP contribution < -0.4 is 81.0 Å². The third-order valence-corrected chi connectivity index (χ3v) is 17.4. The van der Waals surface area contributed by atoms with Crippen LogP contribution in [-0.4, -0.2) is 205 Å². The minimum absolute atomic E-state index is 0.0164. The van der Waals surface area contributed by atoms with Gasteiger partial charge in [0.2, 0.25) is 65.0 Å². The number of hydrogen-bond acceptors (Lipinski definition) is 20. The number of ether oxygens (including phenoxy) is 2. The first-order valence-electron chi connectivity index (χ1n) is 32.7. The molecule has 2 rings (SSSR count). The van der Waals surface area contributed by atoms with E-state index in [1.807, 2.05) is 30.3 Å². The molecule has 536 valence electrons. The fourth-order valence-electron chi connectivity index (χ4n) is 9.90. The number of nitrogens with two attached hydrogens (primary N) is 3. The topological polar surface area (TPSA) is 503 Å². The number of aliphatic hydroxyl groups excluding tert-OH is 2. The van der Waals surface area contributed by atoms with Crippen molar-refractivity contribution < 1.29 is 82.0 Å². The highest BCUT2D eigenvalue weighted by Gasteiger charge is 2.45. The van der Waals surface area contributed by atoms with E-state index in [0.29, 0.717) is 25.7 Å². The van der Waals surface area contributed by atoms with Crippen LogP contribution in [0, 0.1) is 23.7 Å². The maximum absolute atomic E-state index is 14.6. The van der Waals surface area contributed by atoms with Crippen LogP contribution in [0.5, 0.6) is 0 Å². The van der Waals surface area contributed by atoms with E-state index in [2.05, 4.69) is 63.8 Å². The van der Waals surface area contributed by atoms with Crippen molar-refractivity contribution in [3.8, 4) is 0 Å². The highest BCUT2D eigenvalue weighted by atomic mass is 16.6. The molecule has 0 bridgehead atoms. The second-order valence-corrected chi connectivity index (χ2v) is 24.5. The number of alkyl carbamates (subject to hydrolysis) is 1. The number of nitrogens with one attached hydrogen (secondary N) is 12. The largest absolute Gasteiger partial charge is 0.458 e. The van der Waals surface area contributed by atoms with Crippen molar-refractivity contribution >= 4 is 77.0 Å². The lowest BCUT2D eigenvalue weighted by Gasteiger charge is -2.38. The number of cyclic esters (lactones) is 1. The molecule has 1 aromatic carbocycles. The third kappa shape index (κ3) is 26.2. The van der Waals surface area contributed by atoms with E-state index in [1.54, 1.807) is 62.4 Å². The highest BCUT2D eigenvalue weighted by Crippen LogP contribution is 2.23. The van der Waals surface area contributed by atoms with Crippen LogP contribution in [0.15, 0.2) is 30.3 Å². The van der Waals surface area contributed by atoms with Crippen molar-refractivity contribution in [2.24, 2.45) is 40.9 Å². The summed E-state index contributed by atoms with van der Waals surface area (Å²) >= 11 is 0. The van der Waals surface area contributed by atoms with E-state index in [-0.39, 0.29) is 45.3 Å². The van der Waals surface area contributed by atoms with Crippen LogP contribution in [0.1, 0.15) is 140 Å². The molecule has 0 aromatic heterocycles. The average Bonchev–Trinajstić information content (AvgIpc) is 1.13. The zero-order valence-corrected chi connectivity index (χ0v) is 57.0. The highest BCUT2D eigenvalue weighted by molar-refractivity contribution is 6.00. The second-order valence-electron chi connectivity index (χ2n) is 24.5. The lowest BCUT2D eigenvalue weighted by atomic mass is 9.83. The van der Waals surface area contributed by atoms with Crippen molar-refractivity contribution in [3.63, 3.8) is 0 Å². The summed E-state index contributed by atoms with van der Waals surface area (Å²) in [5.41, 5.74) is 15.5. The van der Waals surface area contributed by atoms with Gasteiger partial charge in [-0.3, -0.25) is 52.7 Å². The molecule has 0 unspecified atom stereocenters. The van der Waals surface area contributed by atoms with Crippen LogP contribution in [0.2, 0.25) is 0 Å². The van der Waals surface area contributed by atoms with Crippen molar-refractivity contribution in [3.05, 3.63) is 35.9 Å². The molecular formula is C63H107N15O17. The molecular weight excluding hydrogens is 1240 g/mol. The van der Waals surface area contributed by atoms with Gasteiger partial charge >= 0.3 is 12.1 Å². The number of esters is 1. The van der Waals surface area contributed by atoms with E-state index in [0.717, 1.165) is 5.56 Å². The molecule has 1 aliphatic heterocycles. The molecule has 0 saturated carbocycles. The fourth-order valence-corrected chi connectivity index (χ4v) is 9.90. The summed E-state index contributed by atoms with van der Waals surface area (Å²) in [6.07, 6.45) is -1.74. The van der Waals surface area contributed by atoms with E-state index >= 15 is 0 Å². The van der Waals surface area contributed by atoms with E-state index in [1.165, 1.54) is 20.8 Å². The monoisotopic (exact) mass is 1350 g/mol. The molecule has 1 fully saturated rings. The minimum Gasteiger partial charge on any atom is -0.458 e.